The van der Waals surface area contributed by atoms with Crippen LogP contribution in [0.2, 0.25) is 0 Å². The Kier molecular flexibility index (Phi) is 7.19. The van der Waals surface area contributed by atoms with Gasteiger partial charge >= 0.3 is 0 Å². The van der Waals surface area contributed by atoms with E-state index < -0.39 is 0 Å². The molecule has 1 aliphatic rings. The molecule has 1 aliphatic heterocycles. The van der Waals surface area contributed by atoms with Crippen LogP contribution in [0.1, 0.15) is 42.2 Å². The molecule has 0 saturated carbocycles. The minimum Gasteiger partial charge on any atom is -0.495 e. The van der Waals surface area contributed by atoms with Gasteiger partial charge in [-0.15, -0.1) is 0 Å². The highest BCUT2D eigenvalue weighted by Gasteiger charge is 2.33. The fourth-order valence-corrected chi connectivity index (χ4v) is 4.60. The van der Waals surface area contributed by atoms with E-state index in [0.717, 1.165) is 19.5 Å². The largest absolute Gasteiger partial charge is 0.495 e. The van der Waals surface area contributed by atoms with Gasteiger partial charge in [0, 0.05) is 37.3 Å². The third-order valence-electron chi connectivity index (χ3n) is 5.76. The summed E-state index contributed by atoms with van der Waals surface area (Å²) in [7, 11) is 3.18. The van der Waals surface area contributed by atoms with Crippen LogP contribution < -0.4 is 9.47 Å². The summed E-state index contributed by atoms with van der Waals surface area (Å²) in [6, 6.07) is 14.6. The van der Waals surface area contributed by atoms with Crippen LogP contribution >= 0.6 is 15.9 Å². The monoisotopic (exact) mass is 460 g/mol. The fourth-order valence-electron chi connectivity index (χ4n) is 4.04. The van der Waals surface area contributed by atoms with Gasteiger partial charge in [0.05, 0.1) is 14.2 Å². The van der Waals surface area contributed by atoms with E-state index in [-0.39, 0.29) is 11.9 Å². The number of carbonyl (C=O) groups is 1. The van der Waals surface area contributed by atoms with E-state index in [9.17, 15) is 4.79 Å². The van der Waals surface area contributed by atoms with Crippen molar-refractivity contribution in [1.29, 1.82) is 0 Å². The van der Waals surface area contributed by atoms with Crippen LogP contribution in [-0.4, -0.2) is 55.6 Å². The molecule has 2 atom stereocenters. The summed E-state index contributed by atoms with van der Waals surface area (Å²) in [5, 5.41) is 0. The van der Waals surface area contributed by atoms with Crippen molar-refractivity contribution < 1.29 is 14.3 Å². The van der Waals surface area contributed by atoms with Crippen LogP contribution in [0.15, 0.2) is 46.9 Å². The molecule has 0 aromatic heterocycles. The topological polar surface area (TPSA) is 42.0 Å². The predicted octanol–water partition coefficient (Wildman–Crippen LogP) is 4.76. The average molecular weight is 461 g/mol. The van der Waals surface area contributed by atoms with Crippen LogP contribution in [-0.2, 0) is 0 Å². The van der Waals surface area contributed by atoms with E-state index in [4.69, 9.17) is 9.47 Å². The molecular weight excluding hydrogens is 432 g/mol. The van der Waals surface area contributed by atoms with Crippen molar-refractivity contribution in [2.24, 2.45) is 0 Å². The van der Waals surface area contributed by atoms with Crippen molar-refractivity contribution in [3.63, 3.8) is 0 Å². The second-order valence-electron chi connectivity index (χ2n) is 7.31. The van der Waals surface area contributed by atoms with E-state index in [2.05, 4.69) is 52.0 Å². The SMILES string of the molecule is CCN(C(=O)c1cc(OC)c(Br)c(OC)c1)C1CCN(C(C)c2ccccc2)C1. The second-order valence-corrected chi connectivity index (χ2v) is 8.10. The standard InChI is InChI=1S/C23H29BrN2O3/c1-5-26(23(27)18-13-20(28-3)22(24)21(14-18)29-4)19-11-12-25(15-19)16(2)17-9-7-6-8-10-17/h6-10,13-14,16,19H,5,11-12,15H2,1-4H3. The first-order valence-electron chi connectivity index (χ1n) is 10.0. The Morgan fingerprint density at radius 3 is 2.38 bits per heavy atom. The van der Waals surface area contributed by atoms with Crippen molar-refractivity contribution in [3.05, 3.63) is 58.1 Å². The predicted molar refractivity (Wildman–Crippen MR) is 119 cm³/mol. The molecule has 1 heterocycles. The molecule has 0 N–H and O–H groups in total. The maximum atomic E-state index is 13.3. The second kappa shape index (κ2) is 9.63. The Morgan fingerprint density at radius 2 is 1.83 bits per heavy atom. The number of methoxy groups -OCH3 is 2. The average Bonchev–Trinajstić information content (AvgIpc) is 3.24. The maximum absolute atomic E-state index is 13.3. The van der Waals surface area contributed by atoms with Crippen LogP contribution in [0.5, 0.6) is 11.5 Å². The van der Waals surface area contributed by atoms with Gasteiger partial charge in [-0.05, 0) is 53.9 Å². The highest BCUT2D eigenvalue weighted by atomic mass is 79.9. The zero-order valence-electron chi connectivity index (χ0n) is 17.5. The quantitative estimate of drug-likeness (QED) is 0.596. The summed E-state index contributed by atoms with van der Waals surface area (Å²) < 4.78 is 11.5. The molecule has 2 aromatic rings. The molecule has 5 nitrogen and oxygen atoms in total. The first-order valence-corrected chi connectivity index (χ1v) is 10.8. The lowest BCUT2D eigenvalue weighted by atomic mass is 10.1. The fraction of sp³-hybridized carbons (Fsp3) is 0.435. The minimum atomic E-state index is 0.0100. The molecule has 1 fully saturated rings. The number of benzene rings is 2. The van der Waals surface area contributed by atoms with E-state index >= 15 is 0 Å². The highest BCUT2D eigenvalue weighted by molar-refractivity contribution is 9.10. The molecule has 6 heteroatoms. The molecule has 0 bridgehead atoms. The van der Waals surface area contributed by atoms with Gasteiger partial charge in [0.2, 0.25) is 0 Å². The molecule has 1 amide bonds. The lowest BCUT2D eigenvalue weighted by Gasteiger charge is -2.30. The number of ether oxygens (including phenoxy) is 2. The lowest BCUT2D eigenvalue weighted by molar-refractivity contribution is 0.0688. The number of hydrogen-bond donors (Lipinski definition) is 0. The molecule has 2 aromatic carbocycles. The van der Waals surface area contributed by atoms with Crippen LogP contribution in [0.4, 0.5) is 0 Å². The zero-order chi connectivity index (χ0) is 21.0. The number of carbonyl (C=O) groups excluding carboxylic acids is 1. The number of likely N-dealkylation sites (N-methyl/N-ethyl adjacent to an activating group) is 1. The minimum absolute atomic E-state index is 0.0100. The highest BCUT2D eigenvalue weighted by Crippen LogP contribution is 2.36. The van der Waals surface area contributed by atoms with Crippen LogP contribution in [0.3, 0.4) is 0 Å². The van der Waals surface area contributed by atoms with Crippen molar-refractivity contribution in [1.82, 2.24) is 9.80 Å². The summed E-state index contributed by atoms with van der Waals surface area (Å²) in [6.45, 7) is 6.80. The molecule has 0 radical (unpaired) electrons. The molecular formula is C23H29BrN2O3. The number of hydrogen-bond acceptors (Lipinski definition) is 4. The Bertz CT molecular complexity index is 818. The van der Waals surface area contributed by atoms with E-state index in [1.807, 2.05) is 17.9 Å². The molecule has 2 unspecified atom stereocenters. The van der Waals surface area contributed by atoms with Gasteiger partial charge in [-0.1, -0.05) is 30.3 Å². The van der Waals surface area contributed by atoms with E-state index in [0.29, 0.717) is 34.1 Å². The summed E-state index contributed by atoms with van der Waals surface area (Å²) in [4.78, 5) is 17.8. The van der Waals surface area contributed by atoms with Crippen molar-refractivity contribution in [2.75, 3.05) is 33.9 Å². The number of likely N-dealkylation sites (tertiary alicyclic amines) is 1. The normalized spacial score (nSPS) is 17.8. The molecule has 1 saturated heterocycles. The Hall–Kier alpha value is -2.05. The zero-order valence-corrected chi connectivity index (χ0v) is 19.1. The summed E-state index contributed by atoms with van der Waals surface area (Å²) >= 11 is 3.47. The Balaban J connectivity index is 1.77. The Morgan fingerprint density at radius 1 is 1.21 bits per heavy atom. The van der Waals surface area contributed by atoms with Crippen LogP contribution in [0.25, 0.3) is 0 Å². The van der Waals surface area contributed by atoms with Gasteiger partial charge in [0.15, 0.2) is 0 Å². The number of halogens is 1. The molecule has 0 spiro atoms. The van der Waals surface area contributed by atoms with Gasteiger partial charge < -0.3 is 14.4 Å². The van der Waals surface area contributed by atoms with E-state index in [1.165, 1.54) is 5.56 Å². The van der Waals surface area contributed by atoms with Gasteiger partial charge in [0.25, 0.3) is 5.91 Å². The van der Waals surface area contributed by atoms with Gasteiger partial charge in [-0.2, -0.15) is 0 Å². The number of nitrogens with zero attached hydrogens (tertiary/aromatic N) is 2. The third-order valence-corrected chi connectivity index (χ3v) is 6.54. The summed E-state index contributed by atoms with van der Waals surface area (Å²) in [6.07, 6.45) is 0.974. The molecule has 29 heavy (non-hydrogen) atoms. The number of rotatable bonds is 7. The van der Waals surface area contributed by atoms with Gasteiger partial charge in [-0.25, -0.2) is 0 Å². The van der Waals surface area contributed by atoms with Crippen LogP contribution in [0, 0.1) is 0 Å². The first kappa shape index (κ1) is 21.7. The van der Waals surface area contributed by atoms with Crippen molar-refractivity contribution >= 4 is 21.8 Å². The Labute approximate surface area is 181 Å². The third kappa shape index (κ3) is 4.59. The molecule has 0 aliphatic carbocycles. The van der Waals surface area contributed by atoms with E-state index in [1.54, 1.807) is 26.4 Å². The first-order chi connectivity index (χ1) is 14.0. The number of amides is 1. The molecule has 3 rings (SSSR count). The van der Waals surface area contributed by atoms with Gasteiger partial charge in [-0.3, -0.25) is 9.69 Å². The lowest BCUT2D eigenvalue weighted by Crippen LogP contribution is -2.42. The summed E-state index contributed by atoms with van der Waals surface area (Å²) in [5.41, 5.74) is 1.89. The van der Waals surface area contributed by atoms with Crippen molar-refractivity contribution in [3.8, 4) is 11.5 Å². The smallest absolute Gasteiger partial charge is 0.254 e. The van der Waals surface area contributed by atoms with Gasteiger partial charge in [0.1, 0.15) is 16.0 Å². The maximum Gasteiger partial charge on any atom is 0.254 e. The summed E-state index contributed by atoms with van der Waals surface area (Å²) in [5.74, 6) is 1.19. The molecule has 156 valence electrons. The van der Waals surface area contributed by atoms with Crippen molar-refractivity contribution in [2.45, 2.75) is 32.4 Å².